The molecule has 1 heterocycles. The van der Waals surface area contributed by atoms with E-state index in [0.29, 0.717) is 16.6 Å². The molecule has 0 aliphatic carbocycles. The lowest BCUT2D eigenvalue weighted by Crippen LogP contribution is -2.81. The van der Waals surface area contributed by atoms with Crippen LogP contribution in [0.3, 0.4) is 0 Å². The number of carbonyl (C=O) groups excluding carboxylic acids is 2. The van der Waals surface area contributed by atoms with Gasteiger partial charge in [-0.2, -0.15) is 4.57 Å². The van der Waals surface area contributed by atoms with E-state index >= 15 is 35.1 Å². The first-order chi connectivity index (χ1) is 31.4. The SMILES string of the molecule is Fc1c(F)c(F)c([B-](c2c(F)c(F)c(F)c(F)c2F)(c2c(F)c(F)c(F)c(F)c2F)c2c(F)c(F)c(F)c(F)c2F)c(F)c1F.NC(=O)c1cccc2ccc[n+](CC(=O)c3ccccc3)c12. The number of amides is 1. The summed E-state index contributed by atoms with van der Waals surface area (Å²) in [6, 6.07) is 18.2. The number of primary amides is 1. The largest absolute Gasteiger partial charge is 0.365 e. The third kappa shape index (κ3) is 7.64. The molecule has 0 aliphatic heterocycles. The number of fused-ring (bicyclic) bond motifs is 1. The van der Waals surface area contributed by atoms with E-state index in [9.17, 15) is 62.3 Å². The van der Waals surface area contributed by atoms with Crippen molar-refractivity contribution < 1.29 is 102 Å². The van der Waals surface area contributed by atoms with E-state index in [4.69, 9.17) is 5.73 Å². The van der Waals surface area contributed by atoms with Crippen LogP contribution in [0, 0.1) is 116 Å². The molecule has 0 bridgehead atoms. The first-order valence-electron chi connectivity index (χ1n) is 17.9. The van der Waals surface area contributed by atoms with Crippen LogP contribution >= 0.6 is 0 Å². The van der Waals surface area contributed by atoms with Gasteiger partial charge in [0.2, 0.25) is 17.8 Å². The maximum atomic E-state index is 15.4. The van der Waals surface area contributed by atoms with E-state index in [2.05, 4.69) is 0 Å². The summed E-state index contributed by atoms with van der Waals surface area (Å²) in [4.78, 5) is 24.0. The standard InChI is InChI=1S/C24BF20.C18H14N2O2/c26-5-1(6(27)14(35)21(42)13(5)34)25(2-7(28)15(36)22(43)16(37)8(2)29,3-9(30)17(38)23(44)18(39)10(3)31)4-11(32)19(40)24(45)20(41)12(4)33;19-18(22)15-10-4-8-14-9-5-11-20(17(14)15)12-16(21)13-6-2-1-3-7-13/h;1-11H,12H2,(H-,19,22)/q-1;/p+1. The molecule has 0 unspecified atom stereocenters. The topological polar surface area (TPSA) is 64.0 Å². The molecule has 0 fully saturated rings. The van der Waals surface area contributed by atoms with Crippen molar-refractivity contribution in [2.24, 2.45) is 5.73 Å². The normalized spacial score (nSPS) is 11.5. The molecule has 0 spiro atoms. The molecule has 1 aromatic heterocycles. The molecule has 67 heavy (non-hydrogen) atoms. The number of para-hydroxylation sites is 1. The molecule has 1 amide bonds. The lowest BCUT2D eigenvalue weighted by atomic mass is 9.12. The van der Waals surface area contributed by atoms with Gasteiger partial charge in [-0.05, 0) is 18.2 Å². The van der Waals surface area contributed by atoms with E-state index in [1.165, 1.54) is 0 Å². The fourth-order valence-electron chi connectivity index (χ4n) is 7.42. The molecule has 0 radical (unpaired) electrons. The summed E-state index contributed by atoms with van der Waals surface area (Å²) in [5.41, 5.74) is -7.14. The minimum atomic E-state index is -7.22. The first kappa shape index (κ1) is 49.0. The van der Waals surface area contributed by atoms with Gasteiger partial charge in [0, 0.05) is 17.0 Å². The number of hydrogen-bond acceptors (Lipinski definition) is 2. The monoisotopic (exact) mass is 970 g/mol. The Morgan fingerprint density at radius 1 is 0.388 bits per heavy atom. The third-order valence-corrected chi connectivity index (χ3v) is 10.3. The van der Waals surface area contributed by atoms with E-state index < -0.39 is 150 Å². The van der Waals surface area contributed by atoms with Crippen LogP contribution in [0.15, 0.2) is 66.9 Å². The lowest BCUT2D eigenvalue weighted by Gasteiger charge is -2.44. The highest BCUT2D eigenvalue weighted by molar-refractivity contribution is 7.20. The Morgan fingerprint density at radius 2 is 0.687 bits per heavy atom. The smallest absolute Gasteiger partial charge is 0.255 e. The van der Waals surface area contributed by atoms with Crippen molar-refractivity contribution in [2.45, 2.75) is 6.54 Å². The molecule has 2 N–H and O–H groups in total. The van der Waals surface area contributed by atoms with Crippen LogP contribution in [-0.4, -0.2) is 17.8 Å². The molecule has 348 valence electrons. The number of nitrogens with two attached hydrogens (primary N) is 1. The molecular weight excluding hydrogens is 955 g/mol. The highest BCUT2D eigenvalue weighted by Crippen LogP contribution is 2.31. The molecule has 7 aromatic rings. The summed E-state index contributed by atoms with van der Waals surface area (Å²) in [6.07, 6.45) is -5.43. The van der Waals surface area contributed by atoms with Gasteiger partial charge in [0.05, 0.1) is 0 Å². The predicted octanol–water partition coefficient (Wildman–Crippen LogP) is 7.96. The lowest BCUT2D eigenvalue weighted by molar-refractivity contribution is -0.657. The number of Topliss-reactive ketones (excluding diaryl/α,β-unsaturated/α-hetero) is 1. The van der Waals surface area contributed by atoms with Gasteiger partial charge in [0.15, 0.2) is 76.0 Å². The number of carbonyl (C=O) groups is 2. The van der Waals surface area contributed by atoms with Gasteiger partial charge in [-0.3, -0.25) is 9.59 Å². The molecular formula is C42H15BF20N2O2. The van der Waals surface area contributed by atoms with Gasteiger partial charge in [-0.1, -0.05) is 36.4 Å². The number of hydrogen-bond donors (Lipinski definition) is 1. The maximum absolute atomic E-state index is 15.4. The van der Waals surface area contributed by atoms with Gasteiger partial charge in [0.1, 0.15) is 58.2 Å². The Morgan fingerprint density at radius 3 is 1.00 bits per heavy atom. The quantitative estimate of drug-likeness (QED) is 0.0420. The average Bonchev–Trinajstić information content (AvgIpc) is 3.31. The molecule has 0 saturated heterocycles. The zero-order chi connectivity index (χ0) is 49.9. The fraction of sp³-hybridized carbons (Fsp3) is 0.0238. The van der Waals surface area contributed by atoms with Crippen LogP contribution in [0.5, 0.6) is 0 Å². The van der Waals surface area contributed by atoms with Gasteiger partial charge < -0.3 is 5.73 Å². The second kappa shape index (κ2) is 18.1. The summed E-state index contributed by atoms with van der Waals surface area (Å²) in [6.45, 7) is 0.158. The number of aromatic nitrogens is 1. The van der Waals surface area contributed by atoms with Crippen molar-refractivity contribution in [1.82, 2.24) is 0 Å². The van der Waals surface area contributed by atoms with Gasteiger partial charge in [-0.15, -0.1) is 21.9 Å². The van der Waals surface area contributed by atoms with E-state index in [0.717, 1.165) is 5.39 Å². The molecule has 6 aromatic carbocycles. The maximum Gasteiger partial charge on any atom is 0.255 e. The number of ketones is 1. The summed E-state index contributed by atoms with van der Waals surface area (Å²) in [5, 5.41) is 0.875. The molecule has 7 rings (SSSR count). The van der Waals surface area contributed by atoms with Gasteiger partial charge in [-0.25, -0.2) is 87.8 Å². The minimum Gasteiger partial charge on any atom is -0.365 e. The van der Waals surface area contributed by atoms with Crippen LogP contribution in [0.2, 0.25) is 0 Å². The van der Waals surface area contributed by atoms with Crippen LogP contribution < -0.4 is 32.2 Å². The Balaban J connectivity index is 0.000000279. The first-order valence-corrected chi connectivity index (χ1v) is 17.9. The summed E-state index contributed by atoms with van der Waals surface area (Å²) in [5.74, 6) is -71.9. The van der Waals surface area contributed by atoms with Gasteiger partial charge in [0.25, 0.3) is 5.91 Å². The second-order valence-electron chi connectivity index (χ2n) is 13.8. The van der Waals surface area contributed by atoms with Crippen molar-refractivity contribution in [3.05, 3.63) is 194 Å². The molecule has 25 heteroatoms. The predicted molar refractivity (Wildman–Crippen MR) is 193 cm³/mol. The minimum absolute atomic E-state index is 0.0163. The van der Waals surface area contributed by atoms with Crippen molar-refractivity contribution in [2.75, 3.05) is 0 Å². The van der Waals surface area contributed by atoms with Crippen molar-refractivity contribution in [1.29, 1.82) is 0 Å². The van der Waals surface area contributed by atoms with Crippen LogP contribution in [0.4, 0.5) is 87.8 Å². The number of pyridine rings is 1. The second-order valence-corrected chi connectivity index (χ2v) is 13.8. The van der Waals surface area contributed by atoms with E-state index in [-0.39, 0.29) is 12.3 Å². The van der Waals surface area contributed by atoms with Crippen molar-refractivity contribution in [3.8, 4) is 0 Å². The van der Waals surface area contributed by atoms with Crippen LogP contribution in [-0.2, 0) is 6.54 Å². The van der Waals surface area contributed by atoms with Gasteiger partial charge >= 0.3 is 0 Å². The summed E-state index contributed by atoms with van der Waals surface area (Å²) in [7, 11) is 0. The molecule has 0 aliphatic rings. The third-order valence-electron chi connectivity index (χ3n) is 10.3. The zero-order valence-electron chi connectivity index (χ0n) is 32.0. The zero-order valence-corrected chi connectivity index (χ0v) is 32.0. The van der Waals surface area contributed by atoms with Crippen LogP contribution in [0.1, 0.15) is 20.7 Å². The molecule has 0 atom stereocenters. The van der Waals surface area contributed by atoms with E-state index in [1.807, 2.05) is 36.4 Å². The fourth-order valence-corrected chi connectivity index (χ4v) is 7.42. The highest BCUT2D eigenvalue weighted by atomic mass is 19.2. The number of halogens is 20. The van der Waals surface area contributed by atoms with Crippen LogP contribution in [0.25, 0.3) is 10.9 Å². The Kier molecular flexibility index (Phi) is 13.2. The molecule has 4 nitrogen and oxygen atoms in total. The summed E-state index contributed by atoms with van der Waals surface area (Å²) >= 11 is 0. The van der Waals surface area contributed by atoms with Crippen molar-refractivity contribution in [3.63, 3.8) is 0 Å². The van der Waals surface area contributed by atoms with Crippen molar-refractivity contribution >= 4 is 50.6 Å². The summed E-state index contributed by atoms with van der Waals surface area (Å²) < 4.78 is 296. The Hall–Kier alpha value is -7.47. The number of rotatable bonds is 8. The number of nitrogens with zero attached hydrogens (tertiary/aromatic N) is 1. The Bertz CT molecular complexity index is 2840. The molecule has 0 saturated carbocycles. The highest BCUT2D eigenvalue weighted by Gasteiger charge is 2.52. The average molecular weight is 970 g/mol. The van der Waals surface area contributed by atoms with E-state index in [1.54, 1.807) is 35.0 Å². The number of benzene rings is 6. The Labute approximate surface area is 359 Å².